The van der Waals surface area contributed by atoms with Crippen molar-refractivity contribution in [3.8, 4) is 0 Å². The van der Waals surface area contributed by atoms with E-state index in [2.05, 4.69) is 5.32 Å². The summed E-state index contributed by atoms with van der Waals surface area (Å²) < 4.78 is 0. The molecule has 1 aromatic rings. The average molecular weight is 236 g/mol. The van der Waals surface area contributed by atoms with Gasteiger partial charge in [0, 0.05) is 12.1 Å². The zero-order valence-corrected chi connectivity index (χ0v) is 9.88. The van der Waals surface area contributed by atoms with Crippen LogP contribution in [-0.4, -0.2) is 48.6 Å². The Bertz CT molecular complexity index is 390. The molecule has 1 unspecified atom stereocenters. The van der Waals surface area contributed by atoms with E-state index in [-0.39, 0.29) is 12.5 Å². The minimum absolute atomic E-state index is 0.258. The van der Waals surface area contributed by atoms with Gasteiger partial charge in [-0.05, 0) is 26.2 Å². The van der Waals surface area contributed by atoms with Crippen LogP contribution in [0, 0.1) is 0 Å². The highest BCUT2D eigenvalue weighted by Gasteiger charge is 2.20. The number of hydrogen-bond donors (Lipinski definition) is 2. The molecule has 0 heterocycles. The van der Waals surface area contributed by atoms with Crippen molar-refractivity contribution in [1.82, 2.24) is 10.2 Å². The van der Waals surface area contributed by atoms with Crippen LogP contribution in [0.25, 0.3) is 0 Å². The molecule has 1 rings (SSSR count). The van der Waals surface area contributed by atoms with E-state index in [1.54, 1.807) is 49.3 Å². The zero-order valence-electron chi connectivity index (χ0n) is 9.88. The number of carbonyl (C=O) groups is 2. The summed E-state index contributed by atoms with van der Waals surface area (Å²) in [5.41, 5.74) is 0.456. The summed E-state index contributed by atoms with van der Waals surface area (Å²) in [6.45, 7) is 0.258. The standard InChI is InChI=1S/C12H16N2O3/c1-14(2)8-10(12(16)17)13-11(15)9-6-4-3-5-7-9/h3-7,10H,8H2,1-2H3,(H,13,15)(H,16,17). The highest BCUT2D eigenvalue weighted by molar-refractivity contribution is 5.96. The predicted octanol–water partition coefficient (Wildman–Crippen LogP) is 0.431. The first kappa shape index (κ1) is 13.2. The van der Waals surface area contributed by atoms with Crippen LogP contribution in [0.1, 0.15) is 10.4 Å². The van der Waals surface area contributed by atoms with Crippen molar-refractivity contribution in [2.75, 3.05) is 20.6 Å². The monoisotopic (exact) mass is 236 g/mol. The third-order valence-corrected chi connectivity index (χ3v) is 2.19. The van der Waals surface area contributed by atoms with E-state index in [4.69, 9.17) is 5.11 Å². The van der Waals surface area contributed by atoms with Crippen LogP contribution in [0.3, 0.4) is 0 Å². The SMILES string of the molecule is CN(C)CC(NC(=O)c1ccccc1)C(=O)O. The molecular formula is C12H16N2O3. The van der Waals surface area contributed by atoms with Gasteiger partial charge in [0.25, 0.3) is 5.91 Å². The van der Waals surface area contributed by atoms with E-state index in [9.17, 15) is 9.59 Å². The van der Waals surface area contributed by atoms with Crippen LogP contribution in [0.2, 0.25) is 0 Å². The molecule has 17 heavy (non-hydrogen) atoms. The first-order valence-corrected chi connectivity index (χ1v) is 5.24. The molecule has 0 aliphatic carbocycles. The minimum atomic E-state index is -1.04. The Labute approximate surface area is 100 Å². The molecule has 1 aromatic carbocycles. The molecule has 0 saturated heterocycles. The normalized spacial score (nSPS) is 12.2. The van der Waals surface area contributed by atoms with Crippen LogP contribution in [0.5, 0.6) is 0 Å². The van der Waals surface area contributed by atoms with Gasteiger partial charge in [-0.25, -0.2) is 4.79 Å². The second-order valence-electron chi connectivity index (χ2n) is 3.99. The number of carboxylic acid groups (broad SMARTS) is 1. The first-order valence-electron chi connectivity index (χ1n) is 5.24. The van der Waals surface area contributed by atoms with Crippen molar-refractivity contribution < 1.29 is 14.7 Å². The number of likely N-dealkylation sites (N-methyl/N-ethyl adjacent to an activating group) is 1. The Hall–Kier alpha value is -1.88. The number of aliphatic carboxylic acids is 1. The summed E-state index contributed by atoms with van der Waals surface area (Å²) >= 11 is 0. The van der Waals surface area contributed by atoms with Gasteiger partial charge in [0.2, 0.25) is 0 Å². The molecule has 0 aliphatic heterocycles. The maximum atomic E-state index is 11.7. The van der Waals surface area contributed by atoms with E-state index in [1.165, 1.54) is 0 Å². The Morgan fingerprint density at radius 1 is 1.29 bits per heavy atom. The molecule has 92 valence electrons. The Balaban J connectivity index is 2.68. The smallest absolute Gasteiger partial charge is 0.327 e. The zero-order chi connectivity index (χ0) is 12.8. The fraction of sp³-hybridized carbons (Fsp3) is 0.333. The largest absolute Gasteiger partial charge is 0.480 e. The van der Waals surface area contributed by atoms with Crippen molar-refractivity contribution in [3.63, 3.8) is 0 Å². The lowest BCUT2D eigenvalue weighted by atomic mass is 10.2. The molecule has 0 fully saturated rings. The topological polar surface area (TPSA) is 69.6 Å². The molecule has 2 N–H and O–H groups in total. The molecule has 0 bridgehead atoms. The lowest BCUT2D eigenvalue weighted by Gasteiger charge is -2.18. The molecule has 0 spiro atoms. The van der Waals surface area contributed by atoms with Gasteiger partial charge in [-0.3, -0.25) is 4.79 Å². The molecule has 0 aliphatic rings. The quantitative estimate of drug-likeness (QED) is 0.778. The predicted molar refractivity (Wildman–Crippen MR) is 63.9 cm³/mol. The number of benzene rings is 1. The number of hydrogen-bond acceptors (Lipinski definition) is 3. The average Bonchev–Trinajstić information content (AvgIpc) is 2.28. The van der Waals surface area contributed by atoms with Gasteiger partial charge >= 0.3 is 5.97 Å². The van der Waals surface area contributed by atoms with E-state index in [1.807, 2.05) is 0 Å². The first-order chi connectivity index (χ1) is 8.00. The number of amides is 1. The summed E-state index contributed by atoms with van der Waals surface area (Å²) in [7, 11) is 3.51. The molecule has 1 atom stereocenters. The van der Waals surface area contributed by atoms with Gasteiger partial charge in [0.1, 0.15) is 6.04 Å². The summed E-state index contributed by atoms with van der Waals surface area (Å²) in [4.78, 5) is 24.4. The molecule has 5 heteroatoms. The minimum Gasteiger partial charge on any atom is -0.480 e. The maximum Gasteiger partial charge on any atom is 0.327 e. The van der Waals surface area contributed by atoms with Gasteiger partial charge in [-0.1, -0.05) is 18.2 Å². The lowest BCUT2D eigenvalue weighted by molar-refractivity contribution is -0.139. The fourth-order valence-electron chi connectivity index (χ4n) is 1.38. The van der Waals surface area contributed by atoms with Crippen LogP contribution in [-0.2, 0) is 4.79 Å². The van der Waals surface area contributed by atoms with Crippen LogP contribution in [0.15, 0.2) is 30.3 Å². The lowest BCUT2D eigenvalue weighted by Crippen LogP contribution is -2.46. The Kier molecular flexibility index (Phi) is 4.66. The molecule has 1 amide bonds. The number of carbonyl (C=O) groups excluding carboxylic acids is 1. The summed E-state index contributed by atoms with van der Waals surface area (Å²) in [6.07, 6.45) is 0. The van der Waals surface area contributed by atoms with E-state index < -0.39 is 12.0 Å². The van der Waals surface area contributed by atoms with Crippen LogP contribution >= 0.6 is 0 Å². The van der Waals surface area contributed by atoms with Crippen molar-refractivity contribution in [2.24, 2.45) is 0 Å². The van der Waals surface area contributed by atoms with Crippen molar-refractivity contribution in [2.45, 2.75) is 6.04 Å². The molecule has 0 radical (unpaired) electrons. The van der Waals surface area contributed by atoms with Crippen LogP contribution < -0.4 is 5.32 Å². The van der Waals surface area contributed by atoms with Crippen molar-refractivity contribution >= 4 is 11.9 Å². The van der Waals surface area contributed by atoms with Gasteiger partial charge in [-0.2, -0.15) is 0 Å². The summed E-state index contributed by atoms with van der Waals surface area (Å²) in [5.74, 6) is -1.41. The van der Waals surface area contributed by atoms with E-state index >= 15 is 0 Å². The van der Waals surface area contributed by atoms with Crippen molar-refractivity contribution in [3.05, 3.63) is 35.9 Å². The second-order valence-corrected chi connectivity index (χ2v) is 3.99. The molecule has 5 nitrogen and oxygen atoms in total. The number of nitrogens with one attached hydrogen (secondary N) is 1. The van der Waals surface area contributed by atoms with E-state index in [0.29, 0.717) is 5.56 Å². The van der Waals surface area contributed by atoms with Gasteiger partial charge in [0.05, 0.1) is 0 Å². The van der Waals surface area contributed by atoms with Gasteiger partial charge in [0.15, 0.2) is 0 Å². The second kappa shape index (κ2) is 6.00. The maximum absolute atomic E-state index is 11.7. The van der Waals surface area contributed by atoms with Crippen LogP contribution in [0.4, 0.5) is 0 Å². The number of carboxylic acids is 1. The molecule has 0 aromatic heterocycles. The van der Waals surface area contributed by atoms with E-state index in [0.717, 1.165) is 0 Å². The summed E-state index contributed by atoms with van der Waals surface area (Å²) in [6, 6.07) is 7.64. The molecular weight excluding hydrogens is 220 g/mol. The summed E-state index contributed by atoms with van der Waals surface area (Å²) in [5, 5.41) is 11.5. The Morgan fingerprint density at radius 2 is 1.88 bits per heavy atom. The van der Waals surface area contributed by atoms with Gasteiger partial charge in [-0.15, -0.1) is 0 Å². The number of rotatable bonds is 5. The highest BCUT2D eigenvalue weighted by Crippen LogP contribution is 1.99. The fourth-order valence-corrected chi connectivity index (χ4v) is 1.38. The van der Waals surface area contributed by atoms with Gasteiger partial charge < -0.3 is 15.3 Å². The van der Waals surface area contributed by atoms with Crippen molar-refractivity contribution in [1.29, 1.82) is 0 Å². The Morgan fingerprint density at radius 3 is 2.35 bits per heavy atom. The number of nitrogens with zero attached hydrogens (tertiary/aromatic N) is 1. The third-order valence-electron chi connectivity index (χ3n) is 2.19. The third kappa shape index (κ3) is 4.24. The highest BCUT2D eigenvalue weighted by atomic mass is 16.4. The molecule has 0 saturated carbocycles.